The second kappa shape index (κ2) is 11.3. The van der Waals surface area contributed by atoms with Gasteiger partial charge in [-0.2, -0.15) is 0 Å². The topological polar surface area (TPSA) is 95.1 Å². The summed E-state index contributed by atoms with van der Waals surface area (Å²) in [5.74, 6) is 0.328. The fourth-order valence-corrected chi connectivity index (χ4v) is 4.37. The molecule has 1 aliphatic rings. The van der Waals surface area contributed by atoms with Gasteiger partial charge in [-0.05, 0) is 67.4 Å². The summed E-state index contributed by atoms with van der Waals surface area (Å²) in [6, 6.07) is 19.8. The fourth-order valence-electron chi connectivity index (χ4n) is 4.37. The van der Waals surface area contributed by atoms with Crippen LogP contribution in [0.4, 0.5) is 17.3 Å². The quantitative estimate of drug-likeness (QED) is 0.345. The molecular weight excluding hydrogens is 462 g/mol. The van der Waals surface area contributed by atoms with Gasteiger partial charge in [0.2, 0.25) is 5.95 Å². The highest BCUT2D eigenvalue weighted by atomic mass is 16.1. The number of aromatic nitrogens is 3. The van der Waals surface area contributed by atoms with Crippen molar-refractivity contribution in [2.75, 3.05) is 30.3 Å². The molecule has 37 heavy (non-hydrogen) atoms. The van der Waals surface area contributed by atoms with Crippen LogP contribution in [-0.2, 0) is 6.54 Å². The predicted octanol–water partition coefficient (Wildman–Crippen LogP) is 4.64. The number of hydrogen-bond acceptors (Lipinski definition) is 7. The van der Waals surface area contributed by atoms with Gasteiger partial charge in [-0.3, -0.25) is 14.7 Å². The molecule has 2 aromatic heterocycles. The molecule has 0 bridgehead atoms. The number of nitrogens with one attached hydrogen (secondary N) is 3. The number of carbonyl (C=O) groups is 1. The summed E-state index contributed by atoms with van der Waals surface area (Å²) in [6.07, 6.45) is 5.21. The smallest absolute Gasteiger partial charge is 0.255 e. The largest absolute Gasteiger partial charge is 0.324 e. The number of aryl methyl sites for hydroxylation is 1. The predicted molar refractivity (Wildman–Crippen MR) is 147 cm³/mol. The van der Waals surface area contributed by atoms with Crippen LogP contribution in [-0.4, -0.2) is 51.4 Å². The summed E-state index contributed by atoms with van der Waals surface area (Å²) >= 11 is 0. The molecule has 1 aliphatic heterocycles. The van der Waals surface area contributed by atoms with E-state index < -0.39 is 0 Å². The zero-order valence-corrected chi connectivity index (χ0v) is 21.1. The van der Waals surface area contributed by atoms with Crippen LogP contribution in [0.25, 0.3) is 11.3 Å². The highest BCUT2D eigenvalue weighted by molar-refractivity contribution is 6.04. The third-order valence-corrected chi connectivity index (χ3v) is 6.60. The number of carbonyl (C=O) groups excluding carboxylic acids is 1. The molecule has 188 valence electrons. The van der Waals surface area contributed by atoms with E-state index in [1.807, 2.05) is 67.6 Å². The molecule has 8 heteroatoms. The Morgan fingerprint density at radius 2 is 1.97 bits per heavy atom. The molecular formula is C29H31N7O. The van der Waals surface area contributed by atoms with Crippen LogP contribution in [0.1, 0.15) is 28.4 Å². The van der Waals surface area contributed by atoms with Crippen molar-refractivity contribution in [1.29, 1.82) is 0 Å². The number of rotatable bonds is 7. The van der Waals surface area contributed by atoms with E-state index in [9.17, 15) is 4.79 Å². The Labute approximate surface area is 217 Å². The van der Waals surface area contributed by atoms with Crippen molar-refractivity contribution in [3.8, 4) is 11.3 Å². The molecule has 1 atom stereocenters. The van der Waals surface area contributed by atoms with Crippen molar-refractivity contribution in [1.82, 2.24) is 25.2 Å². The van der Waals surface area contributed by atoms with Crippen molar-refractivity contribution in [3.05, 3.63) is 95.9 Å². The lowest BCUT2D eigenvalue weighted by molar-refractivity contribution is 0.102. The number of benzene rings is 2. The third kappa shape index (κ3) is 6.17. The van der Waals surface area contributed by atoms with Crippen LogP contribution < -0.4 is 16.0 Å². The zero-order valence-electron chi connectivity index (χ0n) is 21.1. The van der Waals surface area contributed by atoms with Gasteiger partial charge in [-0.25, -0.2) is 9.97 Å². The van der Waals surface area contributed by atoms with Crippen LogP contribution in [0.5, 0.6) is 0 Å². The summed E-state index contributed by atoms with van der Waals surface area (Å²) in [5, 5.41) is 9.71. The van der Waals surface area contributed by atoms with Crippen molar-refractivity contribution in [2.24, 2.45) is 0 Å². The Kier molecular flexibility index (Phi) is 7.49. The summed E-state index contributed by atoms with van der Waals surface area (Å²) in [7, 11) is 0. The first-order valence-corrected chi connectivity index (χ1v) is 12.5. The first kappa shape index (κ1) is 24.5. The van der Waals surface area contributed by atoms with E-state index in [-0.39, 0.29) is 5.91 Å². The number of amides is 1. The van der Waals surface area contributed by atoms with E-state index in [2.05, 4.69) is 42.7 Å². The Hall–Kier alpha value is -4.14. The molecule has 1 unspecified atom stereocenters. The minimum atomic E-state index is -0.147. The molecule has 4 aromatic rings. The minimum absolute atomic E-state index is 0.147. The summed E-state index contributed by atoms with van der Waals surface area (Å²) < 4.78 is 0. The maximum Gasteiger partial charge on any atom is 0.255 e. The molecule has 0 aliphatic carbocycles. The lowest BCUT2D eigenvalue weighted by Gasteiger charge is -2.33. The normalized spacial score (nSPS) is 15.8. The first-order chi connectivity index (χ1) is 18.0. The fraction of sp³-hybridized carbons (Fsp3) is 0.241. The molecule has 3 N–H and O–H groups in total. The van der Waals surface area contributed by atoms with Crippen LogP contribution in [0.3, 0.4) is 0 Å². The summed E-state index contributed by atoms with van der Waals surface area (Å²) in [6.45, 7) is 8.18. The summed E-state index contributed by atoms with van der Waals surface area (Å²) in [5.41, 5.74) is 6.06. The van der Waals surface area contributed by atoms with E-state index >= 15 is 0 Å². The van der Waals surface area contributed by atoms with Gasteiger partial charge >= 0.3 is 0 Å². The van der Waals surface area contributed by atoms with Crippen molar-refractivity contribution >= 4 is 23.2 Å². The monoisotopic (exact) mass is 493 g/mol. The van der Waals surface area contributed by atoms with Gasteiger partial charge in [-0.15, -0.1) is 0 Å². The number of nitrogens with zero attached hydrogens (tertiary/aromatic N) is 4. The van der Waals surface area contributed by atoms with Gasteiger partial charge in [0.1, 0.15) is 0 Å². The van der Waals surface area contributed by atoms with E-state index in [0.29, 0.717) is 23.2 Å². The molecule has 1 amide bonds. The average molecular weight is 494 g/mol. The molecule has 0 saturated carbocycles. The van der Waals surface area contributed by atoms with Crippen LogP contribution in [0.2, 0.25) is 0 Å². The van der Waals surface area contributed by atoms with E-state index in [1.54, 1.807) is 18.6 Å². The number of pyridine rings is 1. The van der Waals surface area contributed by atoms with Gasteiger partial charge in [0.25, 0.3) is 5.91 Å². The van der Waals surface area contributed by atoms with E-state index in [4.69, 9.17) is 0 Å². The Balaban J connectivity index is 1.25. The van der Waals surface area contributed by atoms with Gasteiger partial charge < -0.3 is 16.0 Å². The van der Waals surface area contributed by atoms with Crippen LogP contribution in [0, 0.1) is 6.92 Å². The van der Waals surface area contributed by atoms with Crippen molar-refractivity contribution in [2.45, 2.75) is 26.4 Å². The number of anilines is 3. The molecule has 1 fully saturated rings. The molecule has 1 saturated heterocycles. The second-order valence-electron chi connectivity index (χ2n) is 9.34. The lowest BCUT2D eigenvalue weighted by atomic mass is 10.1. The van der Waals surface area contributed by atoms with Gasteiger partial charge in [-0.1, -0.05) is 18.2 Å². The molecule has 0 spiro atoms. The Bertz CT molecular complexity index is 1360. The van der Waals surface area contributed by atoms with Crippen LogP contribution >= 0.6 is 0 Å². The Morgan fingerprint density at radius 1 is 1.11 bits per heavy atom. The first-order valence-electron chi connectivity index (χ1n) is 12.5. The molecule has 8 nitrogen and oxygen atoms in total. The van der Waals surface area contributed by atoms with E-state index in [0.717, 1.165) is 48.7 Å². The zero-order chi connectivity index (χ0) is 25.6. The highest BCUT2D eigenvalue weighted by Crippen LogP contribution is 2.25. The minimum Gasteiger partial charge on any atom is -0.324 e. The van der Waals surface area contributed by atoms with Crippen LogP contribution in [0.15, 0.2) is 79.3 Å². The summed E-state index contributed by atoms with van der Waals surface area (Å²) in [4.78, 5) is 28.5. The average Bonchev–Trinajstić information content (AvgIpc) is 2.93. The third-order valence-electron chi connectivity index (χ3n) is 6.60. The maximum atomic E-state index is 12.9. The Morgan fingerprint density at radius 3 is 2.76 bits per heavy atom. The van der Waals surface area contributed by atoms with Crippen molar-refractivity contribution < 1.29 is 4.79 Å². The molecule has 2 aromatic carbocycles. The van der Waals surface area contributed by atoms with E-state index in [1.165, 1.54) is 5.56 Å². The molecule has 3 heterocycles. The van der Waals surface area contributed by atoms with Gasteiger partial charge in [0.05, 0.1) is 5.69 Å². The highest BCUT2D eigenvalue weighted by Gasteiger charge is 2.18. The molecule has 5 rings (SSSR count). The maximum absolute atomic E-state index is 12.9. The second-order valence-corrected chi connectivity index (χ2v) is 9.34. The lowest BCUT2D eigenvalue weighted by Crippen LogP contribution is -2.49. The van der Waals surface area contributed by atoms with Gasteiger partial charge in [0.15, 0.2) is 0 Å². The number of piperazine rings is 1. The standard InChI is InChI=1S/C29H31N7O/c1-20-5-10-25(16-27(20)35-29-32-13-11-26(34-29)24-4-3-12-30-18-24)33-28(37)23-8-6-22(7-9-23)19-36-15-14-31-17-21(36)2/h3-13,16,18,21,31H,14-15,17,19H2,1-2H3,(H,33,37)(H,32,34,35). The number of hydrogen-bond donors (Lipinski definition) is 3. The van der Waals surface area contributed by atoms with Gasteiger partial charge in [0, 0.05) is 73.3 Å². The molecule has 0 radical (unpaired) electrons. The van der Waals surface area contributed by atoms with Crippen molar-refractivity contribution in [3.63, 3.8) is 0 Å². The SMILES string of the molecule is Cc1ccc(NC(=O)c2ccc(CN3CCNCC3C)cc2)cc1Nc1nccc(-c2cccnc2)n1.